The van der Waals surface area contributed by atoms with Crippen LogP contribution in [0, 0.1) is 19.8 Å². The number of hydrogen-bond acceptors (Lipinski definition) is 0. The summed E-state index contributed by atoms with van der Waals surface area (Å²) < 4.78 is 0. The lowest BCUT2D eigenvalue weighted by Crippen LogP contribution is -2.12. The Balaban J connectivity index is 2.59. The summed E-state index contributed by atoms with van der Waals surface area (Å²) in [5, 5.41) is 0. The van der Waals surface area contributed by atoms with Gasteiger partial charge < -0.3 is 0 Å². The van der Waals surface area contributed by atoms with Crippen LogP contribution in [-0.2, 0) is 0 Å². The van der Waals surface area contributed by atoms with Crippen LogP contribution in [0.2, 0.25) is 0 Å². The van der Waals surface area contributed by atoms with Crippen LogP contribution in [0.25, 0.3) is 5.57 Å². The van der Waals surface area contributed by atoms with E-state index < -0.39 is 0 Å². The van der Waals surface area contributed by atoms with Crippen molar-refractivity contribution in [2.45, 2.75) is 47.0 Å². The standard InChI is InChI=1S/C16H22/c1-10(2)14-7-6-11(3)15-8-12(4)13(5)9-16(14)15/h6,8-10,14H,7H2,1-5H3/t14-/m0/s1. The zero-order valence-electron chi connectivity index (χ0n) is 11.1. The summed E-state index contributed by atoms with van der Waals surface area (Å²) in [6, 6.07) is 4.77. The molecular weight excluding hydrogens is 192 g/mol. The van der Waals surface area contributed by atoms with Gasteiger partial charge >= 0.3 is 0 Å². The van der Waals surface area contributed by atoms with Gasteiger partial charge in [-0.3, -0.25) is 0 Å². The lowest BCUT2D eigenvalue weighted by atomic mass is 9.76. The molecule has 0 bridgehead atoms. The summed E-state index contributed by atoms with van der Waals surface area (Å²) in [6.07, 6.45) is 3.61. The molecule has 16 heavy (non-hydrogen) atoms. The van der Waals surface area contributed by atoms with E-state index in [1.165, 1.54) is 28.7 Å². The number of benzene rings is 1. The molecule has 0 fully saturated rings. The Morgan fingerprint density at radius 3 is 2.31 bits per heavy atom. The molecule has 0 amide bonds. The molecule has 0 aromatic heterocycles. The Hall–Kier alpha value is -1.04. The predicted molar refractivity (Wildman–Crippen MR) is 71.8 cm³/mol. The molecular formula is C16H22. The van der Waals surface area contributed by atoms with Crippen molar-refractivity contribution >= 4 is 5.57 Å². The van der Waals surface area contributed by atoms with Gasteiger partial charge in [0.1, 0.15) is 0 Å². The highest BCUT2D eigenvalue weighted by Crippen LogP contribution is 2.39. The van der Waals surface area contributed by atoms with Crippen LogP contribution in [0.5, 0.6) is 0 Å². The van der Waals surface area contributed by atoms with Crippen LogP contribution in [-0.4, -0.2) is 0 Å². The summed E-state index contributed by atoms with van der Waals surface area (Å²) in [7, 11) is 0. The molecule has 1 aliphatic carbocycles. The molecule has 0 heterocycles. The molecule has 0 saturated heterocycles. The second-order valence-corrected chi connectivity index (χ2v) is 5.50. The van der Waals surface area contributed by atoms with Gasteiger partial charge in [-0.1, -0.05) is 32.1 Å². The third-order valence-corrected chi connectivity index (χ3v) is 3.97. The SMILES string of the molecule is CC1=CC[C@@H](C(C)C)c2cc(C)c(C)cc21. The first-order valence-electron chi connectivity index (χ1n) is 6.29. The lowest BCUT2D eigenvalue weighted by molar-refractivity contribution is 0.498. The maximum absolute atomic E-state index is 2.41. The van der Waals surface area contributed by atoms with Gasteiger partial charge in [-0.05, 0) is 66.9 Å². The smallest absolute Gasteiger partial charge is 0.00980 e. The Bertz CT molecular complexity index is 436. The minimum absolute atomic E-state index is 0.706. The first-order chi connectivity index (χ1) is 7.50. The van der Waals surface area contributed by atoms with E-state index in [-0.39, 0.29) is 0 Å². The van der Waals surface area contributed by atoms with Gasteiger partial charge in [-0.15, -0.1) is 0 Å². The van der Waals surface area contributed by atoms with Crippen molar-refractivity contribution in [1.82, 2.24) is 0 Å². The molecule has 0 spiro atoms. The summed E-state index contributed by atoms with van der Waals surface area (Å²) in [6.45, 7) is 11.3. The number of aryl methyl sites for hydroxylation is 2. The summed E-state index contributed by atoms with van der Waals surface area (Å²) in [5.41, 5.74) is 7.34. The fraction of sp³-hybridized carbons (Fsp3) is 0.500. The normalized spacial score (nSPS) is 19.6. The summed E-state index contributed by atoms with van der Waals surface area (Å²) in [4.78, 5) is 0. The molecule has 0 aliphatic heterocycles. The predicted octanol–water partition coefficient (Wildman–Crippen LogP) is 4.85. The monoisotopic (exact) mass is 214 g/mol. The first kappa shape index (κ1) is 11.4. The highest BCUT2D eigenvalue weighted by atomic mass is 14.3. The second kappa shape index (κ2) is 4.08. The topological polar surface area (TPSA) is 0 Å². The maximum Gasteiger partial charge on any atom is -0.00980 e. The van der Waals surface area contributed by atoms with Crippen molar-refractivity contribution in [3.8, 4) is 0 Å². The van der Waals surface area contributed by atoms with Crippen molar-refractivity contribution in [2.24, 2.45) is 5.92 Å². The van der Waals surface area contributed by atoms with Gasteiger partial charge in [-0.25, -0.2) is 0 Å². The van der Waals surface area contributed by atoms with E-state index in [2.05, 4.69) is 52.8 Å². The minimum atomic E-state index is 0.706. The van der Waals surface area contributed by atoms with E-state index in [1.54, 1.807) is 5.56 Å². The molecule has 1 aromatic carbocycles. The van der Waals surface area contributed by atoms with Crippen molar-refractivity contribution in [3.05, 3.63) is 40.5 Å². The van der Waals surface area contributed by atoms with Crippen LogP contribution in [0.3, 0.4) is 0 Å². The fourth-order valence-corrected chi connectivity index (χ4v) is 2.66. The van der Waals surface area contributed by atoms with E-state index in [1.807, 2.05) is 0 Å². The molecule has 86 valence electrons. The van der Waals surface area contributed by atoms with E-state index >= 15 is 0 Å². The van der Waals surface area contributed by atoms with E-state index in [0.29, 0.717) is 5.92 Å². The highest BCUT2D eigenvalue weighted by molar-refractivity contribution is 5.70. The molecule has 1 aliphatic rings. The van der Waals surface area contributed by atoms with Gasteiger partial charge in [0.15, 0.2) is 0 Å². The zero-order valence-corrected chi connectivity index (χ0v) is 11.1. The molecule has 0 N–H and O–H groups in total. The third-order valence-electron chi connectivity index (χ3n) is 3.97. The van der Waals surface area contributed by atoms with Gasteiger partial charge in [0.2, 0.25) is 0 Å². The molecule has 0 heteroatoms. The average molecular weight is 214 g/mol. The third kappa shape index (κ3) is 1.81. The Labute approximate surface area is 99.4 Å². The lowest BCUT2D eigenvalue weighted by Gasteiger charge is -2.28. The Kier molecular flexibility index (Phi) is 2.92. The fourth-order valence-electron chi connectivity index (χ4n) is 2.66. The largest absolute Gasteiger partial charge is 0.0804 e. The number of fused-ring (bicyclic) bond motifs is 1. The van der Waals surface area contributed by atoms with Crippen molar-refractivity contribution in [2.75, 3.05) is 0 Å². The molecule has 0 saturated carbocycles. The van der Waals surface area contributed by atoms with E-state index in [0.717, 1.165) is 5.92 Å². The van der Waals surface area contributed by atoms with Gasteiger partial charge in [0.05, 0.1) is 0 Å². The van der Waals surface area contributed by atoms with Crippen molar-refractivity contribution < 1.29 is 0 Å². The maximum atomic E-state index is 2.41. The van der Waals surface area contributed by atoms with Gasteiger partial charge in [0, 0.05) is 0 Å². The van der Waals surface area contributed by atoms with Crippen molar-refractivity contribution in [1.29, 1.82) is 0 Å². The Morgan fingerprint density at radius 1 is 1.06 bits per heavy atom. The van der Waals surface area contributed by atoms with Crippen LogP contribution >= 0.6 is 0 Å². The van der Waals surface area contributed by atoms with E-state index in [4.69, 9.17) is 0 Å². The zero-order chi connectivity index (χ0) is 11.9. The van der Waals surface area contributed by atoms with Crippen LogP contribution < -0.4 is 0 Å². The number of hydrogen-bond donors (Lipinski definition) is 0. The van der Waals surface area contributed by atoms with Gasteiger partial charge in [0.25, 0.3) is 0 Å². The quantitative estimate of drug-likeness (QED) is 0.627. The van der Waals surface area contributed by atoms with E-state index in [9.17, 15) is 0 Å². The first-order valence-corrected chi connectivity index (χ1v) is 6.29. The van der Waals surface area contributed by atoms with Crippen LogP contribution in [0.4, 0.5) is 0 Å². The Morgan fingerprint density at radius 2 is 1.69 bits per heavy atom. The molecule has 2 rings (SSSR count). The molecule has 1 aromatic rings. The van der Waals surface area contributed by atoms with Gasteiger partial charge in [-0.2, -0.15) is 0 Å². The molecule has 0 nitrogen and oxygen atoms in total. The van der Waals surface area contributed by atoms with Crippen LogP contribution in [0.15, 0.2) is 18.2 Å². The highest BCUT2D eigenvalue weighted by Gasteiger charge is 2.22. The average Bonchev–Trinajstić information content (AvgIpc) is 2.21. The number of rotatable bonds is 1. The van der Waals surface area contributed by atoms with Crippen molar-refractivity contribution in [3.63, 3.8) is 0 Å². The molecule has 0 radical (unpaired) electrons. The summed E-state index contributed by atoms with van der Waals surface area (Å²) >= 11 is 0. The minimum Gasteiger partial charge on any atom is -0.0804 e. The van der Waals surface area contributed by atoms with Crippen LogP contribution in [0.1, 0.15) is 55.4 Å². The number of allylic oxidation sites excluding steroid dienone is 2. The summed E-state index contributed by atoms with van der Waals surface area (Å²) in [5.74, 6) is 1.43. The molecule has 0 unspecified atom stereocenters. The molecule has 1 atom stereocenters. The second-order valence-electron chi connectivity index (χ2n) is 5.50.